The molecule has 5 rings (SSSR count). The summed E-state index contributed by atoms with van der Waals surface area (Å²) < 4.78 is 11.6. The van der Waals surface area contributed by atoms with Crippen molar-refractivity contribution < 1.29 is 14.3 Å². The fraction of sp³-hybridized carbons (Fsp3) is 0.304. The molecule has 2 aliphatic heterocycles. The highest BCUT2D eigenvalue weighted by atomic mass is 35.5. The number of amides is 1. The third kappa shape index (κ3) is 3.81. The zero-order valence-corrected chi connectivity index (χ0v) is 17.9. The Hall–Kier alpha value is -2.12. The van der Waals surface area contributed by atoms with Crippen LogP contribution in [-0.4, -0.2) is 47.9 Å². The second-order valence-corrected chi connectivity index (χ2v) is 8.93. The van der Waals surface area contributed by atoms with Crippen molar-refractivity contribution in [3.63, 3.8) is 0 Å². The van der Waals surface area contributed by atoms with E-state index >= 15 is 0 Å². The zero-order chi connectivity index (χ0) is 20.6. The maximum absolute atomic E-state index is 13.5. The van der Waals surface area contributed by atoms with Gasteiger partial charge in [-0.1, -0.05) is 53.7 Å². The Morgan fingerprint density at radius 1 is 1.03 bits per heavy atom. The minimum absolute atomic E-state index is 0.0162. The topological polar surface area (TPSA) is 51.7 Å². The molecule has 2 aliphatic rings. The van der Waals surface area contributed by atoms with E-state index in [9.17, 15) is 4.79 Å². The Morgan fingerprint density at radius 2 is 1.73 bits per heavy atom. The summed E-state index contributed by atoms with van der Waals surface area (Å²) in [6.45, 7) is 2.49. The van der Waals surface area contributed by atoms with E-state index in [-0.39, 0.29) is 5.91 Å². The molecule has 2 aromatic carbocycles. The lowest BCUT2D eigenvalue weighted by Gasteiger charge is -2.37. The largest absolute Gasteiger partial charge is 0.347 e. The third-order valence-corrected chi connectivity index (χ3v) is 7.04. The van der Waals surface area contributed by atoms with Gasteiger partial charge in [-0.2, -0.15) is 0 Å². The lowest BCUT2D eigenvalue weighted by atomic mass is 10.0. The predicted octanol–water partition coefficient (Wildman–Crippen LogP) is 5.02. The van der Waals surface area contributed by atoms with Gasteiger partial charge in [0.1, 0.15) is 5.03 Å². The number of halogens is 1. The van der Waals surface area contributed by atoms with E-state index in [4.69, 9.17) is 26.1 Å². The van der Waals surface area contributed by atoms with Gasteiger partial charge in [0.05, 0.1) is 29.3 Å². The van der Waals surface area contributed by atoms with E-state index in [1.54, 1.807) is 0 Å². The number of hydrogen-bond donors (Lipinski definition) is 0. The molecule has 2 saturated heterocycles. The van der Waals surface area contributed by atoms with E-state index in [1.807, 2.05) is 59.5 Å². The lowest BCUT2D eigenvalue weighted by molar-refractivity contribution is -0.181. The molecule has 1 amide bonds. The van der Waals surface area contributed by atoms with Crippen molar-refractivity contribution in [3.8, 4) is 0 Å². The molecule has 154 valence electrons. The molecular formula is C23H21ClN2O3S. The highest BCUT2D eigenvalue weighted by Crippen LogP contribution is 2.35. The summed E-state index contributed by atoms with van der Waals surface area (Å²) >= 11 is 7.80. The van der Waals surface area contributed by atoms with Crippen molar-refractivity contribution in [1.82, 2.24) is 9.88 Å². The maximum Gasteiger partial charge on any atom is 0.254 e. The van der Waals surface area contributed by atoms with Crippen molar-refractivity contribution in [2.45, 2.75) is 28.6 Å². The van der Waals surface area contributed by atoms with Crippen molar-refractivity contribution in [1.29, 1.82) is 0 Å². The number of likely N-dealkylation sites (tertiary alicyclic amines) is 1. The molecule has 0 atom stereocenters. The Bertz CT molecular complexity index is 1090. The summed E-state index contributed by atoms with van der Waals surface area (Å²) in [5.41, 5.74) is 1.47. The van der Waals surface area contributed by atoms with Crippen molar-refractivity contribution >= 4 is 40.2 Å². The molecular weight excluding hydrogens is 420 g/mol. The fourth-order valence-electron chi connectivity index (χ4n) is 4.03. The SMILES string of the molecule is O=C(c1cc(Sc2ccccc2Cl)nc2ccccc12)N1CCC2(CC1)OCCO2. The van der Waals surface area contributed by atoms with Gasteiger partial charge in [0, 0.05) is 36.2 Å². The number of fused-ring (bicyclic) bond motifs is 1. The van der Waals surface area contributed by atoms with E-state index in [0.717, 1.165) is 20.8 Å². The molecule has 30 heavy (non-hydrogen) atoms. The van der Waals surface area contributed by atoms with Crippen molar-refractivity contribution in [3.05, 3.63) is 65.2 Å². The quantitative estimate of drug-likeness (QED) is 0.572. The minimum Gasteiger partial charge on any atom is -0.347 e. The van der Waals surface area contributed by atoms with Crippen LogP contribution in [0.15, 0.2) is 64.5 Å². The number of rotatable bonds is 3. The number of carbonyl (C=O) groups is 1. The monoisotopic (exact) mass is 440 g/mol. The number of pyridine rings is 1. The number of ether oxygens (including phenoxy) is 2. The van der Waals surface area contributed by atoms with Crippen LogP contribution in [-0.2, 0) is 9.47 Å². The second kappa shape index (κ2) is 8.19. The molecule has 3 aromatic rings. The van der Waals surface area contributed by atoms with Crippen LogP contribution in [0.5, 0.6) is 0 Å². The van der Waals surface area contributed by atoms with Gasteiger partial charge in [-0.3, -0.25) is 4.79 Å². The number of benzene rings is 2. The second-order valence-electron chi connectivity index (χ2n) is 7.46. The maximum atomic E-state index is 13.5. The first-order chi connectivity index (χ1) is 14.6. The van der Waals surface area contributed by atoms with Crippen LogP contribution >= 0.6 is 23.4 Å². The van der Waals surface area contributed by atoms with Crippen LogP contribution in [0.2, 0.25) is 5.02 Å². The predicted molar refractivity (Wildman–Crippen MR) is 117 cm³/mol. The first-order valence-electron chi connectivity index (χ1n) is 10.0. The number of aromatic nitrogens is 1. The minimum atomic E-state index is -0.498. The van der Waals surface area contributed by atoms with E-state index < -0.39 is 5.79 Å². The van der Waals surface area contributed by atoms with Crippen LogP contribution < -0.4 is 0 Å². The number of piperidine rings is 1. The Morgan fingerprint density at radius 3 is 2.50 bits per heavy atom. The zero-order valence-electron chi connectivity index (χ0n) is 16.3. The van der Waals surface area contributed by atoms with Crippen LogP contribution in [0.4, 0.5) is 0 Å². The number of nitrogens with zero attached hydrogens (tertiary/aromatic N) is 2. The van der Waals surface area contributed by atoms with Crippen molar-refractivity contribution in [2.24, 2.45) is 0 Å². The normalized spacial score (nSPS) is 18.2. The molecule has 1 spiro atoms. The molecule has 0 saturated carbocycles. The third-order valence-electron chi connectivity index (χ3n) is 5.60. The van der Waals surface area contributed by atoms with E-state index in [0.29, 0.717) is 49.7 Å². The molecule has 7 heteroatoms. The molecule has 0 radical (unpaired) electrons. The van der Waals surface area contributed by atoms with Crippen LogP contribution in [0.1, 0.15) is 23.2 Å². The Kier molecular flexibility index (Phi) is 5.41. The fourth-order valence-corrected chi connectivity index (χ4v) is 5.14. The number of hydrogen-bond acceptors (Lipinski definition) is 5. The van der Waals surface area contributed by atoms with Crippen LogP contribution in [0, 0.1) is 0 Å². The van der Waals surface area contributed by atoms with Crippen molar-refractivity contribution in [2.75, 3.05) is 26.3 Å². The highest BCUT2D eigenvalue weighted by Gasteiger charge is 2.41. The molecule has 0 bridgehead atoms. The summed E-state index contributed by atoms with van der Waals surface area (Å²) in [5, 5.41) is 2.28. The average Bonchev–Trinajstić information content (AvgIpc) is 3.23. The summed E-state index contributed by atoms with van der Waals surface area (Å²) in [7, 11) is 0. The average molecular weight is 441 g/mol. The van der Waals surface area contributed by atoms with Gasteiger partial charge in [0.25, 0.3) is 5.91 Å². The molecule has 2 fully saturated rings. The standard InChI is InChI=1S/C23H21ClN2O3S/c24-18-6-2-4-8-20(18)30-21-15-17(16-5-1-3-7-19(16)25-21)22(27)26-11-9-23(10-12-26)28-13-14-29-23/h1-8,15H,9-14H2. The first kappa shape index (κ1) is 19.8. The van der Waals surface area contributed by atoms with Gasteiger partial charge in [-0.25, -0.2) is 4.98 Å². The summed E-state index contributed by atoms with van der Waals surface area (Å²) in [4.78, 5) is 21.0. The number of carbonyl (C=O) groups excluding carboxylic acids is 1. The van der Waals surface area contributed by atoms with Gasteiger partial charge in [-0.05, 0) is 24.3 Å². The van der Waals surface area contributed by atoms with Gasteiger partial charge < -0.3 is 14.4 Å². The van der Waals surface area contributed by atoms with Crippen LogP contribution in [0.25, 0.3) is 10.9 Å². The smallest absolute Gasteiger partial charge is 0.254 e. The summed E-state index contributed by atoms with van der Waals surface area (Å²) in [6, 6.07) is 17.3. The number of para-hydroxylation sites is 1. The summed E-state index contributed by atoms with van der Waals surface area (Å²) in [6.07, 6.45) is 1.39. The summed E-state index contributed by atoms with van der Waals surface area (Å²) in [5.74, 6) is -0.482. The van der Waals surface area contributed by atoms with E-state index in [1.165, 1.54) is 11.8 Å². The molecule has 1 aromatic heterocycles. The van der Waals surface area contributed by atoms with Gasteiger partial charge in [0.15, 0.2) is 5.79 Å². The molecule has 0 aliphatic carbocycles. The van der Waals surface area contributed by atoms with E-state index in [2.05, 4.69) is 0 Å². The Balaban J connectivity index is 1.45. The molecule has 0 unspecified atom stereocenters. The van der Waals surface area contributed by atoms with Gasteiger partial charge in [-0.15, -0.1) is 0 Å². The first-order valence-corrected chi connectivity index (χ1v) is 11.2. The molecule has 0 N–H and O–H groups in total. The van der Waals surface area contributed by atoms with Gasteiger partial charge in [0.2, 0.25) is 0 Å². The Labute approximate surface area is 184 Å². The highest BCUT2D eigenvalue weighted by molar-refractivity contribution is 7.99. The lowest BCUT2D eigenvalue weighted by Crippen LogP contribution is -2.47. The molecule has 3 heterocycles. The van der Waals surface area contributed by atoms with Crippen LogP contribution in [0.3, 0.4) is 0 Å². The molecule has 5 nitrogen and oxygen atoms in total. The van der Waals surface area contributed by atoms with Gasteiger partial charge >= 0.3 is 0 Å².